The zero-order valence-corrected chi connectivity index (χ0v) is 14.0. The van der Waals surface area contributed by atoms with Crippen molar-refractivity contribution in [2.45, 2.75) is 44.9 Å². The molecule has 0 saturated carbocycles. The molecule has 1 saturated heterocycles. The Bertz CT molecular complexity index is 605. The van der Waals surface area contributed by atoms with Crippen molar-refractivity contribution in [3.8, 4) is 0 Å². The summed E-state index contributed by atoms with van der Waals surface area (Å²) in [5.74, 6) is 0. The number of ether oxygens (including phenoxy) is 3. The summed E-state index contributed by atoms with van der Waals surface area (Å²) < 4.78 is 17.6. The predicted molar refractivity (Wildman–Crippen MR) is 85.8 cm³/mol. The van der Waals surface area contributed by atoms with E-state index in [2.05, 4.69) is 5.32 Å². The maximum Gasteiger partial charge on any atom is 0.412 e. The predicted octanol–water partition coefficient (Wildman–Crippen LogP) is 2.17. The van der Waals surface area contributed by atoms with Gasteiger partial charge >= 0.3 is 6.09 Å². The van der Waals surface area contributed by atoms with Crippen molar-refractivity contribution in [3.63, 3.8) is 0 Å². The van der Waals surface area contributed by atoms with Crippen molar-refractivity contribution < 1.29 is 19.0 Å². The largest absolute Gasteiger partial charge is 0.444 e. The Kier molecular flexibility index (Phi) is 5.43. The number of aromatic nitrogens is 1. The smallest absolute Gasteiger partial charge is 0.412 e. The molecule has 7 heteroatoms. The molecule has 23 heavy (non-hydrogen) atoms. The maximum absolute atomic E-state index is 12.6. The van der Waals surface area contributed by atoms with Crippen LogP contribution in [0, 0.1) is 0 Å². The summed E-state index contributed by atoms with van der Waals surface area (Å²) in [7, 11) is 1.60. The summed E-state index contributed by atoms with van der Waals surface area (Å²) >= 11 is 0. The summed E-state index contributed by atoms with van der Waals surface area (Å²) in [6.07, 6.45) is 1.53. The van der Waals surface area contributed by atoms with E-state index in [1.807, 2.05) is 0 Å². The van der Waals surface area contributed by atoms with Crippen LogP contribution in [0.4, 0.5) is 10.5 Å². The average Bonchev–Trinajstić information content (AvgIpc) is 2.47. The van der Waals surface area contributed by atoms with E-state index in [0.717, 1.165) is 0 Å². The molecule has 0 spiro atoms. The van der Waals surface area contributed by atoms with Gasteiger partial charge in [0, 0.05) is 19.9 Å². The Balaban J connectivity index is 2.21. The molecule has 0 bridgehead atoms. The van der Waals surface area contributed by atoms with Crippen molar-refractivity contribution in [1.29, 1.82) is 0 Å². The third-order valence-corrected chi connectivity index (χ3v) is 3.54. The summed E-state index contributed by atoms with van der Waals surface area (Å²) in [5, 5.41) is 2.51. The van der Waals surface area contributed by atoms with E-state index in [9.17, 15) is 9.59 Å². The number of pyridine rings is 1. The first-order valence-electron chi connectivity index (χ1n) is 7.63. The van der Waals surface area contributed by atoms with Crippen LogP contribution in [-0.4, -0.2) is 42.7 Å². The summed E-state index contributed by atoms with van der Waals surface area (Å²) in [6.45, 7) is 6.31. The molecule has 7 nitrogen and oxygen atoms in total. The standard InChI is InChI=1S/C16H24N2O5/c1-16(2,3)23-15(20)17-11-6-5-8-18(14(11)19)12-7-9-22-10-13(12)21-4/h5-6,8,12-13H,7,9-10H2,1-4H3,(H,17,20)/t12-,13+/m0/s1. The van der Waals surface area contributed by atoms with Crippen LogP contribution in [0.25, 0.3) is 0 Å². The number of hydrogen-bond donors (Lipinski definition) is 1. The molecule has 2 rings (SSSR count). The number of nitrogens with zero attached hydrogens (tertiary/aromatic N) is 1. The summed E-state index contributed by atoms with van der Waals surface area (Å²) in [4.78, 5) is 24.5. The van der Waals surface area contributed by atoms with Crippen molar-refractivity contribution in [2.75, 3.05) is 25.6 Å². The van der Waals surface area contributed by atoms with Crippen LogP contribution in [0.1, 0.15) is 33.2 Å². The monoisotopic (exact) mass is 324 g/mol. The van der Waals surface area contributed by atoms with Crippen LogP contribution in [0.15, 0.2) is 23.1 Å². The second-order valence-corrected chi connectivity index (χ2v) is 6.47. The van der Waals surface area contributed by atoms with E-state index >= 15 is 0 Å². The molecule has 2 heterocycles. The number of anilines is 1. The lowest BCUT2D eigenvalue weighted by atomic mass is 10.1. The molecule has 1 aromatic heterocycles. The van der Waals surface area contributed by atoms with Crippen LogP contribution in [0.5, 0.6) is 0 Å². The SMILES string of the molecule is CO[C@@H]1COCC[C@@H]1n1cccc(NC(=O)OC(C)(C)C)c1=O. The molecule has 1 aromatic rings. The first-order chi connectivity index (χ1) is 10.8. The minimum Gasteiger partial charge on any atom is -0.444 e. The van der Waals surface area contributed by atoms with Crippen molar-refractivity contribution in [3.05, 3.63) is 28.7 Å². The van der Waals surface area contributed by atoms with Crippen molar-refractivity contribution in [2.24, 2.45) is 0 Å². The van der Waals surface area contributed by atoms with Gasteiger partial charge in [0.2, 0.25) is 0 Å². The average molecular weight is 324 g/mol. The Labute approximate surface area is 135 Å². The van der Waals surface area contributed by atoms with Crippen LogP contribution in [0.3, 0.4) is 0 Å². The molecule has 2 atom stereocenters. The number of carbonyl (C=O) groups is 1. The van der Waals surface area contributed by atoms with Crippen LogP contribution < -0.4 is 10.9 Å². The van der Waals surface area contributed by atoms with Gasteiger partial charge in [-0.1, -0.05) is 0 Å². The minimum atomic E-state index is -0.650. The molecule has 0 aliphatic carbocycles. The van der Waals surface area contributed by atoms with E-state index in [0.29, 0.717) is 19.6 Å². The molecule has 0 unspecified atom stereocenters. The van der Waals surface area contributed by atoms with E-state index < -0.39 is 11.7 Å². The first kappa shape index (κ1) is 17.5. The molecule has 1 fully saturated rings. The molecule has 1 N–H and O–H groups in total. The second kappa shape index (κ2) is 7.14. The minimum absolute atomic E-state index is 0.123. The molecule has 0 aromatic carbocycles. The van der Waals surface area contributed by atoms with Gasteiger partial charge in [0.25, 0.3) is 5.56 Å². The van der Waals surface area contributed by atoms with Gasteiger partial charge in [0.15, 0.2) is 0 Å². The van der Waals surface area contributed by atoms with Crippen LogP contribution in [-0.2, 0) is 14.2 Å². The van der Waals surface area contributed by atoms with Gasteiger partial charge in [-0.25, -0.2) is 4.79 Å². The lowest BCUT2D eigenvalue weighted by Crippen LogP contribution is -2.40. The topological polar surface area (TPSA) is 78.8 Å². The Morgan fingerprint density at radius 2 is 2.17 bits per heavy atom. The van der Waals surface area contributed by atoms with E-state index in [1.54, 1.807) is 50.8 Å². The number of nitrogens with one attached hydrogen (secondary N) is 1. The van der Waals surface area contributed by atoms with Gasteiger partial charge in [0.1, 0.15) is 17.4 Å². The second-order valence-electron chi connectivity index (χ2n) is 6.47. The third-order valence-electron chi connectivity index (χ3n) is 3.54. The van der Waals surface area contributed by atoms with Gasteiger partial charge in [-0.2, -0.15) is 0 Å². The zero-order chi connectivity index (χ0) is 17.0. The van der Waals surface area contributed by atoms with Gasteiger partial charge in [-0.15, -0.1) is 0 Å². The van der Waals surface area contributed by atoms with Gasteiger partial charge < -0.3 is 18.8 Å². The zero-order valence-electron chi connectivity index (χ0n) is 14.0. The molecular formula is C16H24N2O5. The number of carbonyl (C=O) groups excluding carboxylic acids is 1. The number of amides is 1. The fourth-order valence-corrected chi connectivity index (χ4v) is 2.52. The fourth-order valence-electron chi connectivity index (χ4n) is 2.52. The van der Waals surface area contributed by atoms with Gasteiger partial charge in [0.05, 0.1) is 12.6 Å². The lowest BCUT2D eigenvalue weighted by Gasteiger charge is -2.32. The van der Waals surface area contributed by atoms with E-state index in [-0.39, 0.29) is 23.4 Å². The highest BCUT2D eigenvalue weighted by atomic mass is 16.6. The highest BCUT2D eigenvalue weighted by Crippen LogP contribution is 2.22. The number of rotatable bonds is 3. The first-order valence-corrected chi connectivity index (χ1v) is 7.63. The highest BCUT2D eigenvalue weighted by Gasteiger charge is 2.28. The van der Waals surface area contributed by atoms with Crippen LogP contribution in [0.2, 0.25) is 0 Å². The molecule has 1 amide bonds. The van der Waals surface area contributed by atoms with Crippen molar-refractivity contribution >= 4 is 11.8 Å². The number of hydrogen-bond acceptors (Lipinski definition) is 5. The molecule has 128 valence electrons. The van der Waals surface area contributed by atoms with Crippen LogP contribution >= 0.6 is 0 Å². The lowest BCUT2D eigenvalue weighted by molar-refractivity contribution is -0.0609. The Hall–Kier alpha value is -1.86. The van der Waals surface area contributed by atoms with E-state index in [4.69, 9.17) is 14.2 Å². The summed E-state index contributed by atoms with van der Waals surface area (Å²) in [5.41, 5.74) is -0.727. The van der Waals surface area contributed by atoms with E-state index in [1.165, 1.54) is 0 Å². The van der Waals surface area contributed by atoms with Gasteiger partial charge in [-0.05, 0) is 39.3 Å². The highest BCUT2D eigenvalue weighted by molar-refractivity contribution is 5.84. The normalized spacial score (nSPS) is 21.7. The third kappa shape index (κ3) is 4.56. The Morgan fingerprint density at radius 1 is 1.43 bits per heavy atom. The number of methoxy groups -OCH3 is 1. The van der Waals surface area contributed by atoms with Gasteiger partial charge in [-0.3, -0.25) is 10.1 Å². The van der Waals surface area contributed by atoms with Crippen molar-refractivity contribution in [1.82, 2.24) is 4.57 Å². The fraction of sp³-hybridized carbons (Fsp3) is 0.625. The maximum atomic E-state index is 12.6. The Morgan fingerprint density at radius 3 is 2.83 bits per heavy atom. The quantitative estimate of drug-likeness (QED) is 0.922. The molecule has 0 radical (unpaired) electrons. The molecular weight excluding hydrogens is 300 g/mol. The summed E-state index contributed by atoms with van der Waals surface area (Å²) in [6, 6.07) is 3.15. The molecule has 1 aliphatic heterocycles. The molecule has 1 aliphatic rings.